The molecular weight excluding hydrogens is 288 g/mol. The van der Waals surface area contributed by atoms with Crippen LogP contribution < -0.4 is 10.0 Å². The van der Waals surface area contributed by atoms with Crippen molar-refractivity contribution in [2.45, 2.75) is 17.4 Å². The molecule has 108 valence electrons. The third kappa shape index (κ3) is 2.17. The van der Waals surface area contributed by atoms with Crippen LogP contribution in [0.5, 0.6) is 0 Å². The monoisotopic (exact) mass is 302 g/mol. The lowest BCUT2D eigenvalue weighted by molar-refractivity contribution is -0.118. The SMILES string of the molecule is NC(=O)[C@H]1Cc2ccccc2N1S(=O)(=O)c1ccccc1. The minimum atomic E-state index is -3.81. The van der Waals surface area contributed by atoms with E-state index in [2.05, 4.69) is 0 Å². The molecule has 5 nitrogen and oxygen atoms in total. The van der Waals surface area contributed by atoms with Gasteiger partial charge in [0, 0.05) is 6.42 Å². The van der Waals surface area contributed by atoms with Gasteiger partial charge >= 0.3 is 0 Å². The van der Waals surface area contributed by atoms with Gasteiger partial charge in [-0.2, -0.15) is 0 Å². The number of nitrogens with two attached hydrogens (primary N) is 1. The van der Waals surface area contributed by atoms with Crippen LogP contribution in [0.3, 0.4) is 0 Å². The van der Waals surface area contributed by atoms with Crippen molar-refractivity contribution in [2.75, 3.05) is 4.31 Å². The Balaban J connectivity index is 2.17. The standard InChI is InChI=1S/C15H14N2O3S/c16-15(18)14-10-11-6-4-5-9-13(11)17(14)21(19,20)12-7-2-1-3-8-12/h1-9,14H,10H2,(H2,16,18)/t14-/m1/s1. The zero-order valence-corrected chi connectivity index (χ0v) is 12.0. The Hall–Kier alpha value is -2.34. The fraction of sp³-hybridized carbons (Fsp3) is 0.133. The van der Waals surface area contributed by atoms with Gasteiger partial charge in [0.1, 0.15) is 6.04 Å². The van der Waals surface area contributed by atoms with Gasteiger partial charge in [-0.3, -0.25) is 9.10 Å². The molecule has 0 unspecified atom stereocenters. The number of carbonyl (C=O) groups is 1. The van der Waals surface area contributed by atoms with Gasteiger partial charge in [-0.05, 0) is 23.8 Å². The highest BCUT2D eigenvalue weighted by atomic mass is 32.2. The Kier molecular flexibility index (Phi) is 3.17. The second kappa shape index (κ2) is 4.89. The summed E-state index contributed by atoms with van der Waals surface area (Å²) in [5.41, 5.74) is 6.72. The summed E-state index contributed by atoms with van der Waals surface area (Å²) in [7, 11) is -3.81. The minimum absolute atomic E-state index is 0.146. The molecule has 0 bridgehead atoms. The van der Waals surface area contributed by atoms with Crippen molar-refractivity contribution in [3.63, 3.8) is 0 Å². The van der Waals surface area contributed by atoms with E-state index < -0.39 is 22.0 Å². The van der Waals surface area contributed by atoms with E-state index in [0.717, 1.165) is 9.87 Å². The number of hydrogen-bond acceptors (Lipinski definition) is 3. The van der Waals surface area contributed by atoms with Gasteiger partial charge in [-0.25, -0.2) is 8.42 Å². The van der Waals surface area contributed by atoms with Crippen LogP contribution >= 0.6 is 0 Å². The highest BCUT2D eigenvalue weighted by molar-refractivity contribution is 7.93. The summed E-state index contributed by atoms with van der Waals surface area (Å²) in [6, 6.07) is 14.2. The van der Waals surface area contributed by atoms with E-state index in [1.807, 2.05) is 12.1 Å². The first kappa shape index (κ1) is 13.6. The van der Waals surface area contributed by atoms with Crippen LogP contribution in [0.2, 0.25) is 0 Å². The maximum atomic E-state index is 12.8. The van der Waals surface area contributed by atoms with E-state index in [1.54, 1.807) is 30.3 Å². The molecule has 0 saturated carbocycles. The Morgan fingerprint density at radius 1 is 1.05 bits per heavy atom. The number of sulfonamides is 1. The topological polar surface area (TPSA) is 80.5 Å². The van der Waals surface area contributed by atoms with Crippen LogP contribution in [0.15, 0.2) is 59.5 Å². The second-order valence-corrected chi connectivity index (χ2v) is 6.68. The number of amides is 1. The highest BCUT2D eigenvalue weighted by Crippen LogP contribution is 2.36. The molecule has 1 aliphatic rings. The first-order valence-electron chi connectivity index (χ1n) is 6.48. The predicted octanol–water partition coefficient (Wildman–Crippen LogP) is 1.29. The first-order valence-corrected chi connectivity index (χ1v) is 7.92. The molecule has 0 radical (unpaired) electrons. The minimum Gasteiger partial charge on any atom is -0.368 e. The lowest BCUT2D eigenvalue weighted by atomic mass is 10.1. The quantitative estimate of drug-likeness (QED) is 0.927. The number of para-hydroxylation sites is 1. The maximum absolute atomic E-state index is 12.8. The van der Waals surface area contributed by atoms with Crippen LogP contribution in [0.25, 0.3) is 0 Å². The summed E-state index contributed by atoms with van der Waals surface area (Å²) in [4.78, 5) is 11.8. The molecule has 2 N–H and O–H groups in total. The van der Waals surface area contributed by atoms with Gasteiger partial charge in [0.25, 0.3) is 10.0 Å². The van der Waals surface area contributed by atoms with E-state index in [9.17, 15) is 13.2 Å². The summed E-state index contributed by atoms with van der Waals surface area (Å²) in [6.45, 7) is 0. The maximum Gasteiger partial charge on any atom is 0.265 e. The molecule has 0 aliphatic carbocycles. The zero-order valence-electron chi connectivity index (χ0n) is 11.1. The van der Waals surface area contributed by atoms with Gasteiger partial charge in [0.15, 0.2) is 0 Å². The van der Waals surface area contributed by atoms with Crippen molar-refractivity contribution < 1.29 is 13.2 Å². The van der Waals surface area contributed by atoms with E-state index >= 15 is 0 Å². The third-order valence-electron chi connectivity index (χ3n) is 3.55. The number of fused-ring (bicyclic) bond motifs is 1. The zero-order chi connectivity index (χ0) is 15.0. The van der Waals surface area contributed by atoms with Crippen molar-refractivity contribution in [3.8, 4) is 0 Å². The molecule has 0 fully saturated rings. The smallest absolute Gasteiger partial charge is 0.265 e. The lowest BCUT2D eigenvalue weighted by Crippen LogP contribution is -2.45. The molecule has 6 heteroatoms. The Bertz CT molecular complexity index is 788. The lowest BCUT2D eigenvalue weighted by Gasteiger charge is -2.24. The molecule has 2 aromatic carbocycles. The normalized spacial score (nSPS) is 17.5. The van der Waals surface area contributed by atoms with Gasteiger partial charge in [0.05, 0.1) is 10.6 Å². The van der Waals surface area contributed by atoms with Crippen molar-refractivity contribution in [1.29, 1.82) is 0 Å². The number of nitrogens with zero attached hydrogens (tertiary/aromatic N) is 1. The summed E-state index contributed by atoms with van der Waals surface area (Å²) >= 11 is 0. The highest BCUT2D eigenvalue weighted by Gasteiger charge is 2.41. The molecule has 0 saturated heterocycles. The number of carbonyl (C=O) groups excluding carboxylic acids is 1. The van der Waals surface area contributed by atoms with E-state index in [1.165, 1.54) is 12.1 Å². The van der Waals surface area contributed by atoms with Crippen molar-refractivity contribution >= 4 is 21.6 Å². The van der Waals surface area contributed by atoms with Gasteiger partial charge in [-0.1, -0.05) is 36.4 Å². The fourth-order valence-corrected chi connectivity index (χ4v) is 4.26. The van der Waals surface area contributed by atoms with Crippen molar-refractivity contribution in [2.24, 2.45) is 5.73 Å². The molecule has 0 aromatic heterocycles. The van der Waals surface area contributed by atoms with Crippen LogP contribution in [0, 0.1) is 0 Å². The largest absolute Gasteiger partial charge is 0.368 e. The average molecular weight is 302 g/mol. The van der Waals surface area contributed by atoms with E-state index in [0.29, 0.717) is 12.1 Å². The molecule has 21 heavy (non-hydrogen) atoms. The molecular formula is C15H14N2O3S. The number of anilines is 1. The van der Waals surface area contributed by atoms with Crippen LogP contribution in [-0.2, 0) is 21.2 Å². The summed E-state index contributed by atoms with van der Waals surface area (Å²) < 4.78 is 26.8. The summed E-state index contributed by atoms with van der Waals surface area (Å²) in [5.74, 6) is -0.647. The summed E-state index contributed by atoms with van der Waals surface area (Å²) in [5, 5.41) is 0. The molecule has 3 rings (SSSR count). The van der Waals surface area contributed by atoms with Crippen LogP contribution in [0.4, 0.5) is 5.69 Å². The Labute approximate surface area is 123 Å². The summed E-state index contributed by atoms with van der Waals surface area (Å²) in [6.07, 6.45) is 0.303. The number of primary amides is 1. The molecule has 1 heterocycles. The van der Waals surface area contributed by atoms with Crippen molar-refractivity contribution in [3.05, 3.63) is 60.2 Å². The second-order valence-electron chi connectivity index (χ2n) is 4.86. The van der Waals surface area contributed by atoms with Gasteiger partial charge in [-0.15, -0.1) is 0 Å². The molecule has 0 spiro atoms. The first-order chi connectivity index (χ1) is 10.0. The Morgan fingerprint density at radius 3 is 2.33 bits per heavy atom. The predicted molar refractivity (Wildman–Crippen MR) is 79.2 cm³/mol. The molecule has 1 aliphatic heterocycles. The van der Waals surface area contributed by atoms with Crippen LogP contribution in [-0.4, -0.2) is 20.4 Å². The van der Waals surface area contributed by atoms with Gasteiger partial charge in [0.2, 0.25) is 5.91 Å². The number of hydrogen-bond donors (Lipinski definition) is 1. The van der Waals surface area contributed by atoms with Gasteiger partial charge < -0.3 is 5.73 Å². The third-order valence-corrected chi connectivity index (χ3v) is 5.39. The fourth-order valence-electron chi connectivity index (χ4n) is 2.58. The molecule has 1 amide bonds. The van der Waals surface area contributed by atoms with E-state index in [-0.39, 0.29) is 4.90 Å². The average Bonchev–Trinajstić information content (AvgIpc) is 2.88. The molecule has 2 aromatic rings. The van der Waals surface area contributed by atoms with Crippen molar-refractivity contribution in [1.82, 2.24) is 0 Å². The number of rotatable bonds is 3. The number of benzene rings is 2. The Morgan fingerprint density at radius 2 is 1.67 bits per heavy atom. The molecule has 1 atom stereocenters. The van der Waals surface area contributed by atoms with E-state index in [4.69, 9.17) is 5.73 Å². The van der Waals surface area contributed by atoms with Crippen LogP contribution in [0.1, 0.15) is 5.56 Å².